The van der Waals surface area contributed by atoms with E-state index in [-0.39, 0.29) is 18.9 Å². The Bertz CT molecular complexity index is 455. The SMILES string of the molecule is CCCCCCCCCCC/C=C/C(O)C(CO)NC(=O)CC(O)CCCCCCCCC. The number of rotatable bonds is 24. The van der Waals surface area contributed by atoms with Crippen molar-refractivity contribution in [1.29, 1.82) is 0 Å². The number of hydrogen-bond acceptors (Lipinski definition) is 4. The Morgan fingerprint density at radius 1 is 0.758 bits per heavy atom. The second kappa shape index (κ2) is 24.2. The summed E-state index contributed by atoms with van der Waals surface area (Å²) in [6.07, 6.45) is 23.3. The van der Waals surface area contributed by atoms with Gasteiger partial charge in [0.15, 0.2) is 0 Å². The van der Waals surface area contributed by atoms with Gasteiger partial charge in [0.05, 0.1) is 31.3 Å². The minimum absolute atomic E-state index is 0.0151. The average Bonchev–Trinajstić information content (AvgIpc) is 2.80. The van der Waals surface area contributed by atoms with Crippen LogP contribution in [0.1, 0.15) is 136 Å². The van der Waals surface area contributed by atoms with Gasteiger partial charge in [0, 0.05) is 0 Å². The van der Waals surface area contributed by atoms with Crippen molar-refractivity contribution < 1.29 is 20.1 Å². The Morgan fingerprint density at radius 2 is 1.24 bits per heavy atom. The normalized spacial score (nSPS) is 14.5. The molecule has 0 aliphatic heterocycles. The molecule has 0 bridgehead atoms. The lowest BCUT2D eigenvalue weighted by Crippen LogP contribution is -2.45. The number of unbranched alkanes of at least 4 members (excludes halogenated alkanes) is 15. The fourth-order valence-electron chi connectivity index (χ4n) is 4.10. The molecule has 3 unspecified atom stereocenters. The molecule has 5 heteroatoms. The standard InChI is InChI=1S/C28H55NO4/c1-3-5-7-9-11-12-13-14-16-18-20-22-27(32)26(24-30)29-28(33)23-25(31)21-19-17-15-10-8-6-4-2/h20,22,25-27,30-32H,3-19,21,23-24H2,1-2H3,(H,29,33)/b22-20+. The van der Waals surface area contributed by atoms with Crippen LogP contribution >= 0.6 is 0 Å². The van der Waals surface area contributed by atoms with Gasteiger partial charge in [0.25, 0.3) is 0 Å². The molecule has 0 aliphatic carbocycles. The van der Waals surface area contributed by atoms with Crippen LogP contribution in [0.2, 0.25) is 0 Å². The fourth-order valence-corrected chi connectivity index (χ4v) is 4.10. The Labute approximate surface area is 204 Å². The van der Waals surface area contributed by atoms with Crippen molar-refractivity contribution in [2.75, 3.05) is 6.61 Å². The zero-order valence-corrected chi connectivity index (χ0v) is 21.8. The lowest BCUT2D eigenvalue weighted by molar-refractivity contribution is -0.124. The van der Waals surface area contributed by atoms with Crippen LogP contribution in [0.25, 0.3) is 0 Å². The molecule has 0 saturated carbocycles. The van der Waals surface area contributed by atoms with E-state index in [1.165, 1.54) is 83.5 Å². The smallest absolute Gasteiger partial charge is 0.222 e. The van der Waals surface area contributed by atoms with Gasteiger partial charge in [-0.25, -0.2) is 0 Å². The zero-order chi connectivity index (χ0) is 24.6. The van der Waals surface area contributed by atoms with Crippen LogP contribution in [-0.4, -0.2) is 46.1 Å². The van der Waals surface area contributed by atoms with E-state index < -0.39 is 18.2 Å². The molecule has 0 radical (unpaired) electrons. The highest BCUT2D eigenvalue weighted by atomic mass is 16.3. The Kier molecular flexibility index (Phi) is 23.6. The summed E-state index contributed by atoms with van der Waals surface area (Å²) in [4.78, 5) is 12.2. The third-order valence-corrected chi connectivity index (χ3v) is 6.32. The third-order valence-electron chi connectivity index (χ3n) is 6.32. The predicted molar refractivity (Wildman–Crippen MR) is 139 cm³/mol. The summed E-state index contributed by atoms with van der Waals surface area (Å²) in [5.41, 5.74) is 0. The van der Waals surface area contributed by atoms with E-state index in [1.54, 1.807) is 6.08 Å². The highest BCUT2D eigenvalue weighted by Crippen LogP contribution is 2.12. The van der Waals surface area contributed by atoms with Crippen molar-refractivity contribution >= 4 is 5.91 Å². The summed E-state index contributed by atoms with van der Waals surface area (Å²) in [7, 11) is 0. The van der Waals surface area contributed by atoms with Crippen molar-refractivity contribution in [2.45, 2.75) is 154 Å². The number of allylic oxidation sites excluding steroid dienone is 1. The monoisotopic (exact) mass is 469 g/mol. The fraction of sp³-hybridized carbons (Fsp3) is 0.893. The number of carbonyl (C=O) groups excluding carboxylic acids is 1. The van der Waals surface area contributed by atoms with Crippen LogP contribution in [0.5, 0.6) is 0 Å². The van der Waals surface area contributed by atoms with Crippen LogP contribution in [0.15, 0.2) is 12.2 Å². The molecule has 5 nitrogen and oxygen atoms in total. The topological polar surface area (TPSA) is 89.8 Å². The molecule has 0 aromatic carbocycles. The van der Waals surface area contributed by atoms with Crippen LogP contribution in [0.3, 0.4) is 0 Å². The molecule has 0 spiro atoms. The first-order valence-electron chi connectivity index (χ1n) is 14.0. The first kappa shape index (κ1) is 32.1. The van der Waals surface area contributed by atoms with Gasteiger partial charge in [-0.2, -0.15) is 0 Å². The highest BCUT2D eigenvalue weighted by Gasteiger charge is 2.20. The van der Waals surface area contributed by atoms with Crippen molar-refractivity contribution in [3.8, 4) is 0 Å². The number of aliphatic hydroxyl groups excluding tert-OH is 3. The van der Waals surface area contributed by atoms with E-state index in [0.717, 1.165) is 25.7 Å². The van der Waals surface area contributed by atoms with Gasteiger partial charge < -0.3 is 20.6 Å². The quantitative estimate of drug-likeness (QED) is 0.100. The largest absolute Gasteiger partial charge is 0.394 e. The second-order valence-electron chi connectivity index (χ2n) is 9.66. The van der Waals surface area contributed by atoms with Crippen molar-refractivity contribution in [2.24, 2.45) is 0 Å². The summed E-state index contributed by atoms with van der Waals surface area (Å²) in [5, 5.41) is 32.6. The highest BCUT2D eigenvalue weighted by molar-refractivity contribution is 5.76. The number of aliphatic hydroxyl groups is 3. The van der Waals surface area contributed by atoms with Gasteiger partial charge in [-0.3, -0.25) is 4.79 Å². The van der Waals surface area contributed by atoms with Crippen molar-refractivity contribution in [1.82, 2.24) is 5.32 Å². The Balaban J connectivity index is 3.87. The van der Waals surface area contributed by atoms with Crippen LogP contribution in [0.4, 0.5) is 0 Å². The van der Waals surface area contributed by atoms with E-state index in [4.69, 9.17) is 0 Å². The maximum atomic E-state index is 12.2. The molecule has 1 amide bonds. The molecule has 3 atom stereocenters. The van der Waals surface area contributed by atoms with Crippen LogP contribution in [-0.2, 0) is 4.79 Å². The van der Waals surface area contributed by atoms with E-state index in [1.807, 2.05) is 6.08 Å². The van der Waals surface area contributed by atoms with Crippen LogP contribution < -0.4 is 5.32 Å². The number of carbonyl (C=O) groups is 1. The summed E-state index contributed by atoms with van der Waals surface area (Å²) in [5.74, 6) is -0.323. The van der Waals surface area contributed by atoms with E-state index in [9.17, 15) is 20.1 Å². The van der Waals surface area contributed by atoms with Crippen molar-refractivity contribution in [3.63, 3.8) is 0 Å². The molecular weight excluding hydrogens is 414 g/mol. The second-order valence-corrected chi connectivity index (χ2v) is 9.66. The maximum Gasteiger partial charge on any atom is 0.222 e. The number of hydrogen-bond donors (Lipinski definition) is 4. The number of amides is 1. The summed E-state index contributed by atoms with van der Waals surface area (Å²) >= 11 is 0. The van der Waals surface area contributed by atoms with Crippen molar-refractivity contribution in [3.05, 3.63) is 12.2 Å². The van der Waals surface area contributed by atoms with E-state index >= 15 is 0 Å². The third kappa shape index (κ3) is 21.4. The molecule has 0 aliphatic rings. The Hall–Kier alpha value is -0.910. The van der Waals surface area contributed by atoms with Crippen LogP contribution in [0, 0.1) is 0 Å². The van der Waals surface area contributed by atoms with E-state index in [0.29, 0.717) is 6.42 Å². The van der Waals surface area contributed by atoms with E-state index in [2.05, 4.69) is 19.2 Å². The molecule has 0 heterocycles. The minimum Gasteiger partial charge on any atom is -0.394 e. The van der Waals surface area contributed by atoms with Gasteiger partial charge in [0.2, 0.25) is 5.91 Å². The Morgan fingerprint density at radius 3 is 1.76 bits per heavy atom. The molecule has 33 heavy (non-hydrogen) atoms. The summed E-state index contributed by atoms with van der Waals surface area (Å²) < 4.78 is 0. The summed E-state index contributed by atoms with van der Waals surface area (Å²) in [6.45, 7) is 4.12. The van der Waals surface area contributed by atoms with Gasteiger partial charge in [-0.05, 0) is 19.3 Å². The maximum absolute atomic E-state index is 12.2. The molecule has 196 valence electrons. The lowest BCUT2D eigenvalue weighted by atomic mass is 10.0. The molecule has 0 aromatic rings. The zero-order valence-electron chi connectivity index (χ0n) is 21.8. The molecular formula is C28H55NO4. The lowest BCUT2D eigenvalue weighted by Gasteiger charge is -2.21. The van der Waals surface area contributed by atoms with Gasteiger partial charge in [-0.15, -0.1) is 0 Å². The molecule has 0 aromatic heterocycles. The predicted octanol–water partition coefficient (Wildman–Crippen LogP) is 6.19. The molecule has 0 saturated heterocycles. The van der Waals surface area contributed by atoms with Gasteiger partial charge >= 0.3 is 0 Å². The first-order chi connectivity index (χ1) is 16.0. The van der Waals surface area contributed by atoms with Gasteiger partial charge in [-0.1, -0.05) is 122 Å². The molecule has 4 N–H and O–H groups in total. The summed E-state index contributed by atoms with van der Waals surface area (Å²) in [6, 6.07) is -0.734. The molecule has 0 fully saturated rings. The van der Waals surface area contributed by atoms with Gasteiger partial charge in [0.1, 0.15) is 0 Å². The first-order valence-corrected chi connectivity index (χ1v) is 14.0. The number of nitrogens with one attached hydrogen (secondary N) is 1. The average molecular weight is 470 g/mol. The minimum atomic E-state index is -0.919. The molecule has 0 rings (SSSR count).